The Bertz CT molecular complexity index is 415. The highest BCUT2D eigenvalue weighted by molar-refractivity contribution is 9.10. The highest BCUT2D eigenvalue weighted by Gasteiger charge is 2.23. The molecule has 0 bridgehead atoms. The second kappa shape index (κ2) is 10.8. The molecule has 21 heavy (non-hydrogen) atoms. The van der Waals surface area contributed by atoms with Gasteiger partial charge in [-0.05, 0) is 24.1 Å². The van der Waals surface area contributed by atoms with Crippen LogP contribution in [-0.4, -0.2) is 31.1 Å². The third-order valence-corrected chi connectivity index (χ3v) is 4.43. The maximum Gasteiger partial charge on any atom is 0.124 e. The van der Waals surface area contributed by atoms with Crippen LogP contribution in [-0.2, 0) is 0 Å². The number of halogens is 4. The van der Waals surface area contributed by atoms with E-state index in [9.17, 15) is 4.39 Å². The van der Waals surface area contributed by atoms with Crippen LogP contribution in [0.1, 0.15) is 37.8 Å². The zero-order valence-corrected chi connectivity index (χ0v) is 15.5. The minimum atomic E-state index is -0.176. The molecule has 0 unspecified atom stereocenters. The Kier molecular flexibility index (Phi) is 10.9. The van der Waals surface area contributed by atoms with Gasteiger partial charge in [-0.3, -0.25) is 4.90 Å². The van der Waals surface area contributed by atoms with Crippen LogP contribution in [0.3, 0.4) is 0 Å². The number of benzene rings is 1. The lowest BCUT2D eigenvalue weighted by Gasteiger charge is -2.35. The van der Waals surface area contributed by atoms with E-state index in [0.717, 1.165) is 37.1 Å². The molecular weight excluding hydrogens is 378 g/mol. The van der Waals surface area contributed by atoms with Gasteiger partial charge < -0.3 is 5.32 Å². The van der Waals surface area contributed by atoms with Crippen molar-refractivity contribution in [3.8, 4) is 0 Å². The van der Waals surface area contributed by atoms with E-state index in [1.807, 2.05) is 6.07 Å². The topological polar surface area (TPSA) is 15.3 Å². The molecule has 0 amide bonds. The number of nitrogens with zero attached hydrogens (tertiary/aromatic N) is 1. The summed E-state index contributed by atoms with van der Waals surface area (Å²) in [7, 11) is 0. The van der Waals surface area contributed by atoms with Gasteiger partial charge in [0.2, 0.25) is 0 Å². The van der Waals surface area contributed by atoms with Crippen molar-refractivity contribution >= 4 is 40.7 Å². The monoisotopic (exact) mass is 400 g/mol. The van der Waals surface area contributed by atoms with Gasteiger partial charge >= 0.3 is 0 Å². The second-order valence-electron chi connectivity index (χ2n) is 5.11. The predicted molar refractivity (Wildman–Crippen MR) is 95.3 cm³/mol. The van der Waals surface area contributed by atoms with Crippen molar-refractivity contribution in [2.75, 3.05) is 26.2 Å². The molecule has 0 radical (unpaired) electrons. The summed E-state index contributed by atoms with van der Waals surface area (Å²) in [6.45, 7) is 6.44. The number of piperazine rings is 1. The molecule has 1 N–H and O–H groups in total. The summed E-state index contributed by atoms with van der Waals surface area (Å²) in [6.07, 6.45) is 3.54. The minimum Gasteiger partial charge on any atom is -0.314 e. The maximum absolute atomic E-state index is 13.3. The van der Waals surface area contributed by atoms with Crippen molar-refractivity contribution in [3.63, 3.8) is 0 Å². The summed E-state index contributed by atoms with van der Waals surface area (Å²) in [5, 5.41) is 3.39. The Morgan fingerprint density at radius 1 is 1.29 bits per heavy atom. The first-order chi connectivity index (χ1) is 9.22. The summed E-state index contributed by atoms with van der Waals surface area (Å²) < 4.78 is 14.1. The molecular formula is C15H24BrCl2FN2. The summed E-state index contributed by atoms with van der Waals surface area (Å²) in [6, 6.07) is 5.48. The van der Waals surface area contributed by atoms with Gasteiger partial charge in [-0.15, -0.1) is 24.8 Å². The third kappa shape index (κ3) is 6.03. The Labute approximate surface area is 147 Å². The molecule has 1 aliphatic heterocycles. The van der Waals surface area contributed by atoms with Crippen LogP contribution in [0.4, 0.5) is 4.39 Å². The summed E-state index contributed by atoms with van der Waals surface area (Å²) in [4.78, 5) is 2.52. The fraction of sp³-hybridized carbons (Fsp3) is 0.600. The van der Waals surface area contributed by atoms with E-state index in [4.69, 9.17) is 0 Å². The predicted octanol–water partition coefficient (Wildman–Crippen LogP) is 4.57. The van der Waals surface area contributed by atoms with Crippen LogP contribution in [0.2, 0.25) is 0 Å². The van der Waals surface area contributed by atoms with Crippen LogP contribution >= 0.6 is 40.7 Å². The third-order valence-electron chi connectivity index (χ3n) is 3.74. The fourth-order valence-corrected chi connectivity index (χ4v) is 3.31. The molecule has 1 aromatic carbocycles. The van der Waals surface area contributed by atoms with E-state index in [1.165, 1.54) is 18.4 Å². The molecule has 1 aliphatic rings. The van der Waals surface area contributed by atoms with Gasteiger partial charge in [0.05, 0.1) is 0 Å². The lowest BCUT2D eigenvalue weighted by Crippen LogP contribution is -2.45. The van der Waals surface area contributed by atoms with Gasteiger partial charge in [-0.25, -0.2) is 4.39 Å². The van der Waals surface area contributed by atoms with E-state index < -0.39 is 0 Å². The Morgan fingerprint density at radius 2 is 1.95 bits per heavy atom. The summed E-state index contributed by atoms with van der Waals surface area (Å²) in [5.41, 5.74) is 1.22. The Balaban J connectivity index is 0.00000200. The average molecular weight is 402 g/mol. The molecule has 1 aromatic rings. The number of hydrogen-bond acceptors (Lipinski definition) is 2. The number of hydrogen-bond donors (Lipinski definition) is 1. The first-order valence-corrected chi connectivity index (χ1v) is 7.91. The van der Waals surface area contributed by atoms with Crippen molar-refractivity contribution in [3.05, 3.63) is 34.1 Å². The van der Waals surface area contributed by atoms with Crippen molar-refractivity contribution in [2.24, 2.45) is 0 Å². The lowest BCUT2D eigenvalue weighted by molar-refractivity contribution is 0.162. The number of rotatable bonds is 5. The van der Waals surface area contributed by atoms with Crippen molar-refractivity contribution in [1.29, 1.82) is 0 Å². The van der Waals surface area contributed by atoms with Gasteiger partial charge in [-0.2, -0.15) is 0 Å². The summed E-state index contributed by atoms with van der Waals surface area (Å²) >= 11 is 3.52. The molecule has 0 spiro atoms. The second-order valence-corrected chi connectivity index (χ2v) is 5.96. The highest BCUT2D eigenvalue weighted by atomic mass is 79.9. The highest BCUT2D eigenvalue weighted by Crippen LogP contribution is 2.32. The molecule has 1 atom stereocenters. The normalized spacial score (nSPS) is 16.7. The van der Waals surface area contributed by atoms with Gasteiger partial charge in [-0.1, -0.05) is 41.8 Å². The molecule has 0 saturated carbocycles. The molecule has 2 rings (SSSR count). The Hall–Kier alpha value is 0.130. The zero-order valence-electron chi connectivity index (χ0n) is 12.3. The van der Waals surface area contributed by atoms with Gasteiger partial charge in [0.1, 0.15) is 5.82 Å². The van der Waals surface area contributed by atoms with E-state index in [-0.39, 0.29) is 30.6 Å². The SMILES string of the molecule is CCCC[C@@H](c1ccc(F)cc1Br)N1CCNCC1.Cl.Cl. The maximum atomic E-state index is 13.3. The quantitative estimate of drug-likeness (QED) is 0.777. The van der Waals surface area contributed by atoms with Crippen molar-refractivity contribution in [2.45, 2.75) is 32.2 Å². The van der Waals surface area contributed by atoms with Crippen LogP contribution in [0.15, 0.2) is 22.7 Å². The lowest BCUT2D eigenvalue weighted by atomic mass is 9.98. The van der Waals surface area contributed by atoms with E-state index >= 15 is 0 Å². The van der Waals surface area contributed by atoms with E-state index in [2.05, 4.69) is 33.1 Å². The molecule has 1 saturated heterocycles. The fourth-order valence-electron chi connectivity index (χ4n) is 2.70. The smallest absolute Gasteiger partial charge is 0.124 e. The van der Waals surface area contributed by atoms with Gasteiger partial charge in [0, 0.05) is 36.7 Å². The molecule has 6 heteroatoms. The van der Waals surface area contributed by atoms with Crippen LogP contribution < -0.4 is 5.32 Å². The van der Waals surface area contributed by atoms with Crippen LogP contribution in [0, 0.1) is 5.82 Å². The molecule has 1 heterocycles. The minimum absolute atomic E-state index is 0. The number of unbranched alkanes of at least 4 members (excludes halogenated alkanes) is 1. The van der Waals surface area contributed by atoms with Crippen LogP contribution in [0.25, 0.3) is 0 Å². The van der Waals surface area contributed by atoms with E-state index in [1.54, 1.807) is 12.1 Å². The zero-order chi connectivity index (χ0) is 13.7. The van der Waals surface area contributed by atoms with E-state index in [0.29, 0.717) is 6.04 Å². The van der Waals surface area contributed by atoms with Gasteiger partial charge in [0.15, 0.2) is 0 Å². The molecule has 122 valence electrons. The van der Waals surface area contributed by atoms with Crippen molar-refractivity contribution in [1.82, 2.24) is 10.2 Å². The molecule has 1 fully saturated rings. The largest absolute Gasteiger partial charge is 0.314 e. The molecule has 0 aromatic heterocycles. The molecule has 2 nitrogen and oxygen atoms in total. The van der Waals surface area contributed by atoms with Crippen LogP contribution in [0.5, 0.6) is 0 Å². The van der Waals surface area contributed by atoms with Crippen molar-refractivity contribution < 1.29 is 4.39 Å². The molecule has 0 aliphatic carbocycles. The van der Waals surface area contributed by atoms with Gasteiger partial charge in [0.25, 0.3) is 0 Å². The Morgan fingerprint density at radius 3 is 2.52 bits per heavy atom. The number of nitrogens with one attached hydrogen (secondary N) is 1. The first kappa shape index (κ1) is 21.1. The first-order valence-electron chi connectivity index (χ1n) is 7.12. The average Bonchev–Trinajstić information content (AvgIpc) is 2.42. The standard InChI is InChI=1S/C15H22BrFN2.2ClH/c1-2-3-4-15(19-9-7-18-8-10-19)13-6-5-12(17)11-14(13)16;;/h5-6,11,15,18H,2-4,7-10H2,1H3;2*1H/t15-;;/m0../s1. The summed E-state index contributed by atoms with van der Waals surface area (Å²) in [5.74, 6) is -0.176.